The van der Waals surface area contributed by atoms with Crippen molar-refractivity contribution in [3.8, 4) is 11.3 Å². The number of nitrogens with zero attached hydrogens (tertiary/aromatic N) is 5. The number of benzene rings is 1. The van der Waals surface area contributed by atoms with Crippen LogP contribution in [0.3, 0.4) is 0 Å². The van der Waals surface area contributed by atoms with Crippen molar-refractivity contribution in [3.05, 3.63) is 36.5 Å². The van der Waals surface area contributed by atoms with Gasteiger partial charge in [-0.05, 0) is 25.1 Å². The van der Waals surface area contributed by atoms with Crippen LogP contribution in [-0.2, 0) is 9.53 Å². The zero-order chi connectivity index (χ0) is 20.2. The maximum atomic E-state index is 12.1. The molecule has 4 rings (SSSR count). The molecule has 7 nitrogen and oxygen atoms in total. The maximum absolute atomic E-state index is 12.1. The number of ether oxygens (including phenoxy) is 1. The summed E-state index contributed by atoms with van der Waals surface area (Å²) in [6.07, 6.45) is 1.80. The van der Waals surface area contributed by atoms with Gasteiger partial charge in [-0.3, -0.25) is 4.79 Å². The van der Waals surface area contributed by atoms with E-state index in [0.29, 0.717) is 32.1 Å². The number of hydrogen-bond donors (Lipinski definition) is 0. The molecule has 3 heterocycles. The molecule has 29 heavy (non-hydrogen) atoms. The number of hydrogen-bond acceptors (Lipinski definition) is 6. The fourth-order valence-electron chi connectivity index (χ4n) is 3.70. The highest BCUT2D eigenvalue weighted by Crippen LogP contribution is 2.24. The number of carbonyl (C=O) groups is 1. The number of amides is 1. The molecule has 1 atom stereocenters. The maximum Gasteiger partial charge on any atom is 0.240 e. The highest BCUT2D eigenvalue weighted by molar-refractivity contribution is 6.30. The van der Waals surface area contributed by atoms with Crippen molar-refractivity contribution in [1.29, 1.82) is 0 Å². The van der Waals surface area contributed by atoms with Crippen molar-refractivity contribution in [1.82, 2.24) is 14.9 Å². The first-order valence-electron chi connectivity index (χ1n) is 10.1. The summed E-state index contributed by atoms with van der Waals surface area (Å²) < 4.78 is 5.42. The van der Waals surface area contributed by atoms with Crippen LogP contribution in [0.5, 0.6) is 0 Å². The normalized spacial score (nSPS) is 18.6. The van der Waals surface area contributed by atoms with Crippen LogP contribution >= 0.6 is 11.6 Å². The fourth-order valence-corrected chi connectivity index (χ4v) is 3.84. The number of piperazine rings is 1. The van der Waals surface area contributed by atoms with Gasteiger partial charge in [0.2, 0.25) is 11.9 Å². The Balaban J connectivity index is 1.43. The monoisotopic (exact) mass is 415 g/mol. The van der Waals surface area contributed by atoms with Gasteiger partial charge in [-0.1, -0.05) is 12.1 Å². The second-order valence-corrected chi connectivity index (χ2v) is 7.97. The molecule has 0 saturated carbocycles. The van der Waals surface area contributed by atoms with Crippen molar-refractivity contribution >= 4 is 29.1 Å². The minimum Gasteiger partial charge on any atom is -0.378 e. The summed E-state index contributed by atoms with van der Waals surface area (Å²) in [6.45, 7) is 7.80. The van der Waals surface area contributed by atoms with E-state index in [0.717, 1.165) is 37.6 Å². The molecular weight excluding hydrogens is 390 g/mol. The van der Waals surface area contributed by atoms with Crippen LogP contribution < -0.4 is 9.80 Å². The molecule has 1 unspecified atom stereocenters. The molecule has 0 radical (unpaired) electrons. The third-order valence-corrected chi connectivity index (χ3v) is 5.58. The van der Waals surface area contributed by atoms with Gasteiger partial charge in [0.15, 0.2) is 0 Å². The number of anilines is 2. The summed E-state index contributed by atoms with van der Waals surface area (Å²) in [6, 6.07) is 10.4. The van der Waals surface area contributed by atoms with Gasteiger partial charge in [-0.25, -0.2) is 9.97 Å². The summed E-state index contributed by atoms with van der Waals surface area (Å²) >= 11 is 5.93. The number of halogens is 1. The first-order valence-corrected chi connectivity index (χ1v) is 10.5. The molecule has 2 aromatic rings. The van der Waals surface area contributed by atoms with Gasteiger partial charge >= 0.3 is 0 Å². The van der Waals surface area contributed by atoms with Gasteiger partial charge < -0.3 is 19.4 Å². The topological polar surface area (TPSA) is 61.8 Å². The summed E-state index contributed by atoms with van der Waals surface area (Å²) in [5.41, 5.74) is 3.17. The van der Waals surface area contributed by atoms with Crippen molar-refractivity contribution in [2.45, 2.75) is 12.3 Å². The van der Waals surface area contributed by atoms with Crippen LogP contribution in [0, 0.1) is 0 Å². The molecule has 0 bridgehead atoms. The Hall–Kier alpha value is -2.38. The van der Waals surface area contributed by atoms with Gasteiger partial charge in [0.1, 0.15) is 5.38 Å². The third-order valence-electron chi connectivity index (χ3n) is 5.40. The largest absolute Gasteiger partial charge is 0.378 e. The highest BCUT2D eigenvalue weighted by atomic mass is 35.5. The molecule has 8 heteroatoms. The van der Waals surface area contributed by atoms with E-state index in [1.54, 1.807) is 13.1 Å². The standard InChI is InChI=1S/C21H26ClN5O2/c1-16(22)20(28)26-8-10-27(11-9-26)21-23-7-6-19(24-21)17-2-4-18(5-3-17)25-12-14-29-15-13-25/h2-7,16H,8-15H2,1H3. The average molecular weight is 416 g/mol. The van der Waals surface area contributed by atoms with Crippen molar-refractivity contribution in [3.63, 3.8) is 0 Å². The Kier molecular flexibility index (Phi) is 6.16. The number of morpholine rings is 1. The second kappa shape index (κ2) is 8.97. The van der Waals surface area contributed by atoms with Crippen LogP contribution in [0.1, 0.15) is 6.92 Å². The van der Waals surface area contributed by atoms with Gasteiger partial charge in [0, 0.05) is 56.7 Å². The van der Waals surface area contributed by atoms with Gasteiger partial charge in [0.05, 0.1) is 18.9 Å². The predicted molar refractivity (Wildman–Crippen MR) is 115 cm³/mol. The Morgan fingerprint density at radius 1 is 1.00 bits per heavy atom. The summed E-state index contributed by atoms with van der Waals surface area (Å²) in [4.78, 5) is 27.5. The van der Waals surface area contributed by atoms with E-state index < -0.39 is 5.38 Å². The van der Waals surface area contributed by atoms with Gasteiger partial charge in [-0.15, -0.1) is 11.6 Å². The third kappa shape index (κ3) is 4.62. The van der Waals surface area contributed by atoms with E-state index in [1.165, 1.54) is 5.69 Å². The van der Waals surface area contributed by atoms with Gasteiger partial charge in [0.25, 0.3) is 0 Å². The Morgan fingerprint density at radius 2 is 1.69 bits per heavy atom. The van der Waals surface area contributed by atoms with Crippen molar-refractivity contribution in [2.24, 2.45) is 0 Å². The molecule has 2 fully saturated rings. The molecule has 0 N–H and O–H groups in total. The molecule has 2 saturated heterocycles. The highest BCUT2D eigenvalue weighted by Gasteiger charge is 2.25. The van der Waals surface area contributed by atoms with Crippen molar-refractivity contribution < 1.29 is 9.53 Å². The number of aromatic nitrogens is 2. The summed E-state index contributed by atoms with van der Waals surface area (Å²) in [5.74, 6) is 0.687. The Bertz CT molecular complexity index is 831. The van der Waals surface area contributed by atoms with E-state index in [1.807, 2.05) is 11.0 Å². The zero-order valence-corrected chi connectivity index (χ0v) is 17.4. The second-order valence-electron chi connectivity index (χ2n) is 7.32. The minimum absolute atomic E-state index is 0.0126. The van der Waals surface area contributed by atoms with Crippen LogP contribution in [-0.4, -0.2) is 78.6 Å². The predicted octanol–water partition coefficient (Wildman–Crippen LogP) is 2.26. The molecule has 154 valence electrons. The first kappa shape index (κ1) is 19.9. The SMILES string of the molecule is CC(Cl)C(=O)N1CCN(c2nccc(-c3ccc(N4CCOCC4)cc3)n2)CC1. The summed E-state index contributed by atoms with van der Waals surface area (Å²) in [7, 11) is 0. The van der Waals surface area contributed by atoms with E-state index in [9.17, 15) is 4.79 Å². The average Bonchev–Trinajstić information content (AvgIpc) is 2.79. The molecule has 1 amide bonds. The Labute approximate surface area is 176 Å². The quantitative estimate of drug-likeness (QED) is 0.714. The zero-order valence-electron chi connectivity index (χ0n) is 16.6. The molecule has 1 aromatic carbocycles. The number of alkyl halides is 1. The molecule has 0 aliphatic carbocycles. The fraction of sp³-hybridized carbons (Fsp3) is 0.476. The lowest BCUT2D eigenvalue weighted by atomic mass is 10.1. The van der Waals surface area contributed by atoms with Crippen molar-refractivity contribution in [2.75, 3.05) is 62.3 Å². The van der Waals surface area contributed by atoms with Crippen LogP contribution in [0.4, 0.5) is 11.6 Å². The van der Waals surface area contributed by atoms with Crippen LogP contribution in [0.25, 0.3) is 11.3 Å². The van der Waals surface area contributed by atoms with E-state index in [-0.39, 0.29) is 5.91 Å². The van der Waals surface area contributed by atoms with E-state index in [4.69, 9.17) is 21.3 Å². The van der Waals surface area contributed by atoms with E-state index in [2.05, 4.69) is 39.0 Å². The lowest BCUT2D eigenvalue weighted by Crippen LogP contribution is -2.50. The number of rotatable bonds is 4. The molecule has 2 aliphatic heterocycles. The lowest BCUT2D eigenvalue weighted by molar-refractivity contribution is -0.130. The Morgan fingerprint density at radius 3 is 2.34 bits per heavy atom. The molecular formula is C21H26ClN5O2. The number of carbonyl (C=O) groups excluding carboxylic acids is 1. The molecule has 2 aliphatic rings. The minimum atomic E-state index is -0.485. The lowest BCUT2D eigenvalue weighted by Gasteiger charge is -2.35. The molecule has 0 spiro atoms. The first-order chi connectivity index (χ1) is 14.1. The van der Waals surface area contributed by atoms with Crippen LogP contribution in [0.15, 0.2) is 36.5 Å². The smallest absolute Gasteiger partial charge is 0.240 e. The van der Waals surface area contributed by atoms with Crippen LogP contribution in [0.2, 0.25) is 0 Å². The molecule has 1 aromatic heterocycles. The van der Waals surface area contributed by atoms with E-state index >= 15 is 0 Å². The van der Waals surface area contributed by atoms with Gasteiger partial charge in [-0.2, -0.15) is 0 Å². The summed E-state index contributed by atoms with van der Waals surface area (Å²) in [5, 5.41) is -0.485.